The summed E-state index contributed by atoms with van der Waals surface area (Å²) in [5.74, 6) is -1.39. The van der Waals surface area contributed by atoms with Crippen molar-refractivity contribution in [3.63, 3.8) is 0 Å². The summed E-state index contributed by atoms with van der Waals surface area (Å²) in [6.45, 7) is 3.46. The molecule has 0 saturated heterocycles. The van der Waals surface area contributed by atoms with Crippen LogP contribution in [0, 0.1) is 11.8 Å². The van der Waals surface area contributed by atoms with Gasteiger partial charge in [-0.2, -0.15) is 0 Å². The van der Waals surface area contributed by atoms with Crippen LogP contribution in [-0.2, 0) is 9.53 Å². The maximum atomic E-state index is 11.4. The number of hydrogen-bond donors (Lipinski definition) is 1. The van der Waals surface area contributed by atoms with Gasteiger partial charge < -0.3 is 9.84 Å². The number of aryl methyl sites for hydroxylation is 1. The number of nitroso groups, excluding NO2 is 1. The Morgan fingerprint density at radius 2 is 2.06 bits per heavy atom. The molecule has 1 rings (SSSR count). The zero-order valence-electron chi connectivity index (χ0n) is 9.64. The average molecular weight is 235 g/mol. The van der Waals surface area contributed by atoms with Crippen LogP contribution >= 0.6 is 0 Å². The van der Waals surface area contributed by atoms with Gasteiger partial charge >= 0.3 is 5.97 Å². The van der Waals surface area contributed by atoms with Gasteiger partial charge in [-0.1, -0.05) is 24.3 Å². The van der Waals surface area contributed by atoms with Crippen LogP contribution in [0.2, 0.25) is 0 Å². The van der Waals surface area contributed by atoms with Crippen molar-refractivity contribution in [1.82, 2.24) is 0 Å². The largest absolute Gasteiger partial charge is 0.505 e. The molecule has 5 heteroatoms. The predicted molar refractivity (Wildman–Crippen MR) is 63.2 cm³/mol. The molecule has 17 heavy (non-hydrogen) atoms. The lowest BCUT2D eigenvalue weighted by Crippen LogP contribution is -2.08. The highest BCUT2D eigenvalue weighted by molar-refractivity contribution is 5.95. The molecular weight excluding hydrogens is 222 g/mol. The fourth-order valence-electron chi connectivity index (χ4n) is 1.34. The Balaban J connectivity index is 3.22. The fraction of sp³-hybridized carbons (Fsp3) is 0.250. The summed E-state index contributed by atoms with van der Waals surface area (Å²) in [6, 6.07) is 6.81. The zero-order valence-corrected chi connectivity index (χ0v) is 9.64. The highest BCUT2D eigenvalue weighted by Gasteiger charge is 2.19. The molecule has 0 atom stereocenters. The first-order chi connectivity index (χ1) is 8.11. The molecule has 1 aromatic carbocycles. The number of nitrogens with zero attached hydrogens (tertiary/aromatic N) is 1. The van der Waals surface area contributed by atoms with Gasteiger partial charge in [-0.3, -0.25) is 0 Å². The molecule has 90 valence electrons. The Kier molecular flexibility index (Phi) is 4.39. The average Bonchev–Trinajstić information content (AvgIpc) is 2.30. The smallest absolute Gasteiger partial charge is 0.364 e. The number of esters is 1. The first kappa shape index (κ1) is 12.9. The van der Waals surface area contributed by atoms with Gasteiger partial charge in [-0.05, 0) is 24.6 Å². The zero-order chi connectivity index (χ0) is 12.8. The summed E-state index contributed by atoms with van der Waals surface area (Å²) in [4.78, 5) is 21.9. The summed E-state index contributed by atoms with van der Waals surface area (Å²) in [7, 11) is 0. The lowest BCUT2D eigenvalue weighted by molar-refractivity contribution is -0.138. The minimum atomic E-state index is -0.928. The third kappa shape index (κ3) is 2.90. The van der Waals surface area contributed by atoms with E-state index in [-0.39, 0.29) is 6.61 Å². The Morgan fingerprint density at radius 1 is 1.41 bits per heavy atom. The SMILES string of the molecule is CCOC(=O)C(N=O)=C(O)c1ccccc1C. The van der Waals surface area contributed by atoms with Crippen molar-refractivity contribution in [2.24, 2.45) is 5.18 Å². The van der Waals surface area contributed by atoms with Crippen molar-refractivity contribution >= 4 is 11.7 Å². The van der Waals surface area contributed by atoms with Crippen LogP contribution in [0.3, 0.4) is 0 Å². The van der Waals surface area contributed by atoms with Crippen LogP contribution < -0.4 is 0 Å². The van der Waals surface area contributed by atoms with E-state index in [4.69, 9.17) is 0 Å². The van der Waals surface area contributed by atoms with Crippen molar-refractivity contribution in [1.29, 1.82) is 0 Å². The molecule has 0 bridgehead atoms. The number of carbonyl (C=O) groups is 1. The summed E-state index contributed by atoms with van der Waals surface area (Å²) in [6.07, 6.45) is 0. The van der Waals surface area contributed by atoms with E-state index in [1.807, 2.05) is 0 Å². The molecule has 0 aromatic heterocycles. The molecule has 0 heterocycles. The summed E-state index contributed by atoms with van der Waals surface area (Å²) >= 11 is 0. The van der Waals surface area contributed by atoms with Crippen molar-refractivity contribution in [2.45, 2.75) is 13.8 Å². The lowest BCUT2D eigenvalue weighted by atomic mass is 10.1. The molecule has 0 aliphatic heterocycles. The van der Waals surface area contributed by atoms with Crippen LogP contribution in [0.5, 0.6) is 0 Å². The van der Waals surface area contributed by atoms with E-state index in [1.165, 1.54) is 0 Å². The Morgan fingerprint density at radius 3 is 2.59 bits per heavy atom. The molecule has 0 spiro atoms. The highest BCUT2D eigenvalue weighted by atomic mass is 16.5. The van der Waals surface area contributed by atoms with E-state index in [2.05, 4.69) is 9.91 Å². The minimum Gasteiger partial charge on any atom is -0.505 e. The topological polar surface area (TPSA) is 76.0 Å². The normalized spacial score (nSPS) is 11.6. The van der Waals surface area contributed by atoms with Gasteiger partial charge in [0.15, 0.2) is 5.76 Å². The number of carbonyl (C=O) groups excluding carboxylic acids is 1. The molecule has 1 aromatic rings. The number of benzene rings is 1. The standard InChI is InChI=1S/C12H13NO4/c1-3-17-12(15)10(13-16)11(14)9-7-5-4-6-8(9)2/h4-7,14H,3H2,1-2H3. The number of rotatable bonds is 4. The second kappa shape index (κ2) is 5.79. The van der Waals surface area contributed by atoms with Gasteiger partial charge in [0.1, 0.15) is 0 Å². The Labute approximate surface area is 98.7 Å². The molecule has 0 amide bonds. The molecule has 5 nitrogen and oxygen atoms in total. The third-order valence-electron chi connectivity index (χ3n) is 2.18. The van der Waals surface area contributed by atoms with E-state index in [1.54, 1.807) is 38.1 Å². The van der Waals surface area contributed by atoms with E-state index < -0.39 is 17.4 Å². The van der Waals surface area contributed by atoms with E-state index in [0.717, 1.165) is 5.56 Å². The molecule has 0 aliphatic rings. The minimum absolute atomic E-state index is 0.110. The number of aliphatic hydroxyl groups is 1. The molecule has 1 N–H and O–H groups in total. The first-order valence-electron chi connectivity index (χ1n) is 5.11. The van der Waals surface area contributed by atoms with Crippen molar-refractivity contribution in [3.05, 3.63) is 46.0 Å². The first-order valence-corrected chi connectivity index (χ1v) is 5.11. The molecule has 0 fully saturated rings. The summed E-state index contributed by atoms with van der Waals surface area (Å²) in [5.41, 5.74) is 0.506. The summed E-state index contributed by atoms with van der Waals surface area (Å²) < 4.78 is 4.63. The van der Waals surface area contributed by atoms with E-state index >= 15 is 0 Å². The molecule has 0 radical (unpaired) electrons. The monoisotopic (exact) mass is 235 g/mol. The van der Waals surface area contributed by atoms with E-state index in [9.17, 15) is 14.8 Å². The second-order valence-electron chi connectivity index (χ2n) is 3.32. The maximum absolute atomic E-state index is 11.4. The third-order valence-corrected chi connectivity index (χ3v) is 2.18. The lowest BCUT2D eigenvalue weighted by Gasteiger charge is -2.06. The van der Waals surface area contributed by atoms with Crippen LogP contribution in [0.25, 0.3) is 5.76 Å². The molecule has 0 aliphatic carbocycles. The number of aliphatic hydroxyl groups excluding tert-OH is 1. The molecule has 0 saturated carbocycles. The molecule has 0 unspecified atom stereocenters. The van der Waals surface area contributed by atoms with Gasteiger partial charge in [0.05, 0.1) is 6.61 Å². The van der Waals surface area contributed by atoms with Crippen LogP contribution in [0.1, 0.15) is 18.1 Å². The summed E-state index contributed by atoms with van der Waals surface area (Å²) in [5, 5.41) is 12.4. The fourth-order valence-corrected chi connectivity index (χ4v) is 1.34. The van der Waals surface area contributed by atoms with Crippen LogP contribution in [-0.4, -0.2) is 17.7 Å². The van der Waals surface area contributed by atoms with Gasteiger partial charge in [0.25, 0.3) is 0 Å². The molecular formula is C12H13NO4. The van der Waals surface area contributed by atoms with Gasteiger partial charge in [0, 0.05) is 5.56 Å². The van der Waals surface area contributed by atoms with Crippen LogP contribution in [0.4, 0.5) is 0 Å². The van der Waals surface area contributed by atoms with E-state index in [0.29, 0.717) is 5.56 Å². The number of ether oxygens (including phenoxy) is 1. The predicted octanol–water partition coefficient (Wildman–Crippen LogP) is 2.55. The van der Waals surface area contributed by atoms with Crippen molar-refractivity contribution < 1.29 is 14.6 Å². The van der Waals surface area contributed by atoms with Gasteiger partial charge in [0.2, 0.25) is 5.70 Å². The maximum Gasteiger partial charge on any atom is 0.364 e. The van der Waals surface area contributed by atoms with Crippen molar-refractivity contribution in [2.75, 3.05) is 6.61 Å². The second-order valence-corrected chi connectivity index (χ2v) is 3.32. The van der Waals surface area contributed by atoms with Crippen molar-refractivity contribution in [3.8, 4) is 0 Å². The van der Waals surface area contributed by atoms with Gasteiger partial charge in [-0.15, -0.1) is 4.91 Å². The van der Waals surface area contributed by atoms with Gasteiger partial charge in [-0.25, -0.2) is 4.79 Å². The Bertz CT molecular complexity index is 465. The number of hydrogen-bond acceptors (Lipinski definition) is 5. The quantitative estimate of drug-likeness (QED) is 0.376. The highest BCUT2D eigenvalue weighted by Crippen LogP contribution is 2.21. The Hall–Kier alpha value is -2.17. The van der Waals surface area contributed by atoms with Crippen LogP contribution in [0.15, 0.2) is 35.1 Å².